The Labute approximate surface area is 121 Å². The van der Waals surface area contributed by atoms with Gasteiger partial charge in [-0.15, -0.1) is 11.3 Å². The van der Waals surface area contributed by atoms with Gasteiger partial charge in [-0.05, 0) is 31.5 Å². The monoisotopic (exact) mass is 296 g/mol. The zero-order chi connectivity index (χ0) is 13.7. The molecule has 0 unspecified atom stereocenters. The molecule has 5 heteroatoms. The number of aromatic nitrogens is 1. The van der Waals surface area contributed by atoms with Crippen molar-refractivity contribution in [2.75, 3.05) is 6.54 Å². The van der Waals surface area contributed by atoms with Gasteiger partial charge < -0.3 is 5.32 Å². The van der Waals surface area contributed by atoms with Gasteiger partial charge in [0.2, 0.25) is 0 Å². The fourth-order valence-electron chi connectivity index (χ4n) is 1.67. The molecule has 2 aromatic rings. The van der Waals surface area contributed by atoms with Crippen LogP contribution >= 0.6 is 23.1 Å². The lowest BCUT2D eigenvalue weighted by Crippen LogP contribution is -2.14. The summed E-state index contributed by atoms with van der Waals surface area (Å²) in [4.78, 5) is 5.06. The Kier molecular flexibility index (Phi) is 5.36. The Morgan fingerprint density at radius 2 is 2.26 bits per heavy atom. The first-order valence-corrected chi connectivity index (χ1v) is 7.98. The number of halogens is 1. The van der Waals surface area contributed by atoms with Gasteiger partial charge in [-0.3, -0.25) is 0 Å². The van der Waals surface area contributed by atoms with Crippen LogP contribution in [0.4, 0.5) is 4.39 Å². The van der Waals surface area contributed by atoms with Crippen molar-refractivity contribution in [3.8, 4) is 0 Å². The number of hydrogen-bond donors (Lipinski definition) is 1. The van der Waals surface area contributed by atoms with Crippen molar-refractivity contribution in [3.05, 3.63) is 40.7 Å². The van der Waals surface area contributed by atoms with Gasteiger partial charge >= 0.3 is 0 Å². The molecule has 0 fully saturated rings. The van der Waals surface area contributed by atoms with Crippen LogP contribution in [-0.4, -0.2) is 11.5 Å². The van der Waals surface area contributed by atoms with E-state index in [4.69, 9.17) is 0 Å². The first kappa shape index (κ1) is 14.5. The Hall–Kier alpha value is -0.910. The minimum absolute atomic E-state index is 0.173. The zero-order valence-corrected chi connectivity index (χ0v) is 12.7. The first-order chi connectivity index (χ1) is 9.20. The summed E-state index contributed by atoms with van der Waals surface area (Å²) in [5.74, 6) is -0.173. The average Bonchev–Trinajstić information content (AvgIpc) is 2.79. The van der Waals surface area contributed by atoms with Gasteiger partial charge in [-0.2, -0.15) is 0 Å². The number of hydrogen-bond acceptors (Lipinski definition) is 4. The molecule has 1 N–H and O–H groups in total. The Balaban J connectivity index is 2.17. The summed E-state index contributed by atoms with van der Waals surface area (Å²) in [7, 11) is 0. The van der Waals surface area contributed by atoms with Gasteiger partial charge in [0.05, 0.1) is 4.90 Å². The second kappa shape index (κ2) is 7.03. The highest BCUT2D eigenvalue weighted by molar-refractivity contribution is 8.01. The predicted molar refractivity (Wildman–Crippen MR) is 79.4 cm³/mol. The lowest BCUT2D eigenvalue weighted by atomic mass is 10.2. The van der Waals surface area contributed by atoms with Crippen LogP contribution < -0.4 is 5.32 Å². The molecule has 2 nitrogen and oxygen atoms in total. The minimum Gasteiger partial charge on any atom is -0.313 e. The zero-order valence-electron chi connectivity index (χ0n) is 11.1. The molecule has 19 heavy (non-hydrogen) atoms. The standard InChI is InChI=1S/C14H17FN2S2/c1-3-7-16-8-11-5-4-6-12(15)13(11)19-14-17-10(2)9-18-14/h4-6,9,16H,3,7-8H2,1-2H3. The van der Waals surface area contributed by atoms with E-state index in [1.54, 1.807) is 17.4 Å². The molecule has 0 aliphatic rings. The van der Waals surface area contributed by atoms with Crippen LogP contribution in [0.2, 0.25) is 0 Å². The van der Waals surface area contributed by atoms with E-state index in [0.29, 0.717) is 11.4 Å². The predicted octanol–water partition coefficient (Wildman–Crippen LogP) is 4.24. The van der Waals surface area contributed by atoms with Crippen molar-refractivity contribution in [1.82, 2.24) is 10.3 Å². The molecule has 0 amide bonds. The molecule has 0 spiro atoms. The number of aryl methyl sites for hydroxylation is 1. The molecule has 0 saturated carbocycles. The molecule has 0 aliphatic heterocycles. The van der Waals surface area contributed by atoms with E-state index in [2.05, 4.69) is 17.2 Å². The maximum Gasteiger partial charge on any atom is 0.155 e. The molecule has 0 radical (unpaired) electrons. The molecular formula is C14H17FN2S2. The van der Waals surface area contributed by atoms with Gasteiger partial charge in [-0.1, -0.05) is 30.8 Å². The van der Waals surface area contributed by atoms with Crippen LogP contribution in [0.1, 0.15) is 24.6 Å². The Morgan fingerprint density at radius 1 is 1.42 bits per heavy atom. The third kappa shape index (κ3) is 4.03. The van der Waals surface area contributed by atoms with Crippen LogP contribution in [0.15, 0.2) is 32.8 Å². The van der Waals surface area contributed by atoms with Gasteiger partial charge in [0, 0.05) is 17.6 Å². The molecule has 0 atom stereocenters. The highest BCUT2D eigenvalue weighted by atomic mass is 32.2. The van der Waals surface area contributed by atoms with Crippen LogP contribution in [0.5, 0.6) is 0 Å². The van der Waals surface area contributed by atoms with Crippen molar-refractivity contribution in [2.45, 2.75) is 36.0 Å². The number of rotatable bonds is 6. The van der Waals surface area contributed by atoms with E-state index in [1.807, 2.05) is 18.4 Å². The van der Waals surface area contributed by atoms with Gasteiger partial charge in [0.15, 0.2) is 4.34 Å². The van der Waals surface area contributed by atoms with Gasteiger partial charge in [0.25, 0.3) is 0 Å². The third-order valence-corrected chi connectivity index (χ3v) is 4.80. The lowest BCUT2D eigenvalue weighted by molar-refractivity contribution is 0.589. The summed E-state index contributed by atoms with van der Waals surface area (Å²) in [5.41, 5.74) is 1.97. The maximum atomic E-state index is 14.0. The quantitative estimate of drug-likeness (QED) is 0.807. The molecule has 0 bridgehead atoms. The summed E-state index contributed by atoms with van der Waals surface area (Å²) in [5, 5.41) is 5.30. The lowest BCUT2D eigenvalue weighted by Gasteiger charge is -2.09. The average molecular weight is 296 g/mol. The van der Waals surface area contributed by atoms with Gasteiger partial charge in [-0.25, -0.2) is 9.37 Å². The Bertz CT molecular complexity index is 540. The number of thiazole rings is 1. The van der Waals surface area contributed by atoms with Crippen molar-refractivity contribution in [1.29, 1.82) is 0 Å². The van der Waals surface area contributed by atoms with Gasteiger partial charge in [0.1, 0.15) is 5.82 Å². The van der Waals surface area contributed by atoms with E-state index in [-0.39, 0.29) is 5.82 Å². The van der Waals surface area contributed by atoms with E-state index < -0.39 is 0 Å². The summed E-state index contributed by atoms with van der Waals surface area (Å²) in [6.45, 7) is 5.70. The molecular weight excluding hydrogens is 279 g/mol. The summed E-state index contributed by atoms with van der Waals surface area (Å²) < 4.78 is 14.9. The molecule has 0 aliphatic carbocycles. The second-order valence-electron chi connectivity index (χ2n) is 4.26. The number of benzene rings is 1. The van der Waals surface area contributed by atoms with E-state index in [0.717, 1.165) is 28.6 Å². The summed E-state index contributed by atoms with van der Waals surface area (Å²) in [6, 6.07) is 5.23. The highest BCUT2D eigenvalue weighted by Crippen LogP contribution is 2.34. The smallest absolute Gasteiger partial charge is 0.155 e. The number of nitrogens with zero attached hydrogens (tertiary/aromatic N) is 1. The first-order valence-electron chi connectivity index (χ1n) is 6.28. The molecule has 1 heterocycles. The normalized spacial score (nSPS) is 10.9. The topological polar surface area (TPSA) is 24.9 Å². The van der Waals surface area contributed by atoms with Crippen LogP contribution in [0.25, 0.3) is 0 Å². The minimum atomic E-state index is -0.173. The van der Waals surface area contributed by atoms with Crippen molar-refractivity contribution >= 4 is 23.1 Å². The van der Waals surface area contributed by atoms with Crippen molar-refractivity contribution in [3.63, 3.8) is 0 Å². The molecule has 1 aromatic heterocycles. The third-order valence-electron chi connectivity index (χ3n) is 2.58. The van der Waals surface area contributed by atoms with Crippen molar-refractivity contribution < 1.29 is 4.39 Å². The van der Waals surface area contributed by atoms with Crippen LogP contribution in [0, 0.1) is 12.7 Å². The summed E-state index contributed by atoms with van der Waals surface area (Å²) >= 11 is 2.97. The molecule has 102 valence electrons. The second-order valence-corrected chi connectivity index (χ2v) is 6.38. The maximum absolute atomic E-state index is 14.0. The highest BCUT2D eigenvalue weighted by Gasteiger charge is 2.11. The molecule has 0 saturated heterocycles. The van der Waals surface area contributed by atoms with Crippen LogP contribution in [0.3, 0.4) is 0 Å². The largest absolute Gasteiger partial charge is 0.313 e. The Morgan fingerprint density at radius 3 is 2.95 bits per heavy atom. The molecule has 2 rings (SSSR count). The summed E-state index contributed by atoms with van der Waals surface area (Å²) in [6.07, 6.45) is 1.07. The van der Waals surface area contributed by atoms with E-state index >= 15 is 0 Å². The molecule has 1 aromatic carbocycles. The fraction of sp³-hybridized carbons (Fsp3) is 0.357. The van der Waals surface area contributed by atoms with E-state index in [1.165, 1.54) is 17.8 Å². The SMILES string of the molecule is CCCNCc1cccc(F)c1Sc1nc(C)cs1. The number of nitrogens with one attached hydrogen (secondary N) is 1. The van der Waals surface area contributed by atoms with E-state index in [9.17, 15) is 4.39 Å². The van der Waals surface area contributed by atoms with Crippen LogP contribution in [-0.2, 0) is 6.54 Å². The fourth-order valence-corrected chi connectivity index (χ4v) is 3.58. The van der Waals surface area contributed by atoms with Crippen molar-refractivity contribution in [2.24, 2.45) is 0 Å².